The van der Waals surface area contributed by atoms with Gasteiger partial charge in [-0.2, -0.15) is 9.59 Å². The fourth-order valence-corrected chi connectivity index (χ4v) is 3.62. The Morgan fingerprint density at radius 3 is 2.58 bits per heavy atom. The molecule has 2 heterocycles. The number of benzene rings is 1. The van der Waals surface area contributed by atoms with Crippen LogP contribution >= 0.6 is 46.5 Å². The Labute approximate surface area is 170 Å². The second-order valence-corrected chi connectivity index (χ2v) is 6.65. The number of hydrogen-bond donors (Lipinski definition) is 1. The maximum Gasteiger partial charge on any atom is 0.373 e. The summed E-state index contributed by atoms with van der Waals surface area (Å²) < 4.78 is 17.3. The van der Waals surface area contributed by atoms with Crippen molar-refractivity contribution in [3.8, 4) is 0 Å². The van der Waals surface area contributed by atoms with E-state index in [9.17, 15) is 4.39 Å². The van der Waals surface area contributed by atoms with E-state index >= 15 is 0 Å². The van der Waals surface area contributed by atoms with Crippen molar-refractivity contribution >= 4 is 63.5 Å². The first kappa shape index (κ1) is 21.4. The summed E-state index contributed by atoms with van der Waals surface area (Å²) in [6.45, 7) is 1.53. The first-order valence-electron chi connectivity index (χ1n) is 6.14. The summed E-state index contributed by atoms with van der Waals surface area (Å²) >= 11 is 14.8. The molecule has 1 saturated heterocycles. The zero-order chi connectivity index (χ0) is 16.8. The Balaban J connectivity index is 0.000000671. The minimum Gasteiger partial charge on any atom is -0.430 e. The molecule has 1 N–H and O–H groups in total. The van der Waals surface area contributed by atoms with E-state index in [1.165, 1.54) is 11.3 Å². The molecule has 128 valence electrons. The van der Waals surface area contributed by atoms with Crippen LogP contribution in [0.4, 0.5) is 15.2 Å². The van der Waals surface area contributed by atoms with Crippen LogP contribution in [-0.4, -0.2) is 24.2 Å². The van der Waals surface area contributed by atoms with Gasteiger partial charge in [-0.05, 0) is 18.0 Å². The molecule has 1 aromatic carbocycles. The molecule has 1 fully saturated rings. The molecule has 2 aromatic rings. The van der Waals surface area contributed by atoms with E-state index < -0.39 is 5.82 Å². The van der Waals surface area contributed by atoms with Crippen molar-refractivity contribution in [3.63, 3.8) is 0 Å². The van der Waals surface area contributed by atoms with Crippen molar-refractivity contribution < 1.29 is 35.0 Å². The van der Waals surface area contributed by atoms with Crippen LogP contribution in [0.15, 0.2) is 22.5 Å². The quantitative estimate of drug-likeness (QED) is 0.335. The molecular formula is C13H9Cl2FN3O2S2W-. The third-order valence-corrected chi connectivity index (χ3v) is 5.30. The third kappa shape index (κ3) is 5.19. The zero-order valence-electron chi connectivity index (χ0n) is 11.8. The second kappa shape index (κ2) is 10.4. The van der Waals surface area contributed by atoms with Crippen LogP contribution < -0.4 is 9.62 Å². The Morgan fingerprint density at radius 2 is 2.08 bits per heavy atom. The smallest absolute Gasteiger partial charge is 0.373 e. The molecule has 1 aliphatic heterocycles. The van der Waals surface area contributed by atoms with Crippen molar-refractivity contribution in [2.24, 2.45) is 0 Å². The molecule has 5 nitrogen and oxygen atoms in total. The van der Waals surface area contributed by atoms with Crippen LogP contribution in [0.3, 0.4) is 0 Å². The number of halogens is 3. The predicted octanol–water partition coefficient (Wildman–Crippen LogP) is 4.15. The molecule has 1 aliphatic rings. The summed E-state index contributed by atoms with van der Waals surface area (Å²) in [7, 11) is 0. The molecular weight excluding hydrogens is 568 g/mol. The molecule has 3 rings (SSSR count). The molecule has 0 unspecified atom stereocenters. The number of nitrogens with one attached hydrogen (secondary N) is 1. The van der Waals surface area contributed by atoms with Gasteiger partial charge in [0.05, 0.1) is 15.6 Å². The second-order valence-electron chi connectivity index (χ2n) is 4.15. The first-order valence-corrected chi connectivity index (χ1v) is 8.59. The average molecular weight is 577 g/mol. The summed E-state index contributed by atoms with van der Waals surface area (Å²) in [4.78, 5) is 22.5. The summed E-state index contributed by atoms with van der Waals surface area (Å²) in [5.74, 6) is -0.505. The van der Waals surface area contributed by atoms with Crippen LogP contribution in [0, 0.1) is 12.2 Å². The van der Waals surface area contributed by atoms with Gasteiger partial charge in [-0.25, -0.2) is 9.37 Å². The van der Waals surface area contributed by atoms with E-state index in [0.717, 1.165) is 25.0 Å². The Kier molecular flexibility index (Phi) is 9.27. The maximum absolute atomic E-state index is 14.3. The van der Waals surface area contributed by atoms with Gasteiger partial charge >= 0.3 is 6.15 Å². The number of thiazole rings is 1. The van der Waals surface area contributed by atoms with Crippen LogP contribution in [0.25, 0.3) is 0 Å². The van der Waals surface area contributed by atoms with Gasteiger partial charge in [0.15, 0.2) is 10.9 Å². The molecule has 0 amide bonds. The SMILES string of the molecule is Fc1c(Cl)c(N2C[CH-]C2)cc(Cl)c1SNc1nccs1.O=C=O.[W]. The van der Waals surface area contributed by atoms with E-state index in [0.29, 0.717) is 15.8 Å². The third-order valence-electron chi connectivity index (χ3n) is 2.81. The van der Waals surface area contributed by atoms with Crippen molar-refractivity contribution in [2.45, 2.75) is 4.90 Å². The number of anilines is 2. The van der Waals surface area contributed by atoms with Gasteiger partial charge in [0, 0.05) is 32.6 Å². The minimum absolute atomic E-state index is 0. The van der Waals surface area contributed by atoms with Crippen molar-refractivity contribution in [3.05, 3.63) is 39.9 Å². The molecule has 11 heteroatoms. The molecule has 0 saturated carbocycles. The van der Waals surface area contributed by atoms with Gasteiger partial charge in [0.1, 0.15) is 5.02 Å². The Morgan fingerprint density at radius 1 is 1.42 bits per heavy atom. The van der Waals surface area contributed by atoms with E-state index in [2.05, 4.69) is 16.1 Å². The van der Waals surface area contributed by atoms with Gasteiger partial charge < -0.3 is 9.62 Å². The molecule has 24 heavy (non-hydrogen) atoms. The van der Waals surface area contributed by atoms with Gasteiger partial charge in [-0.1, -0.05) is 23.2 Å². The van der Waals surface area contributed by atoms with Gasteiger partial charge in [0.2, 0.25) is 0 Å². The molecule has 1 aromatic heterocycles. The van der Waals surface area contributed by atoms with E-state index in [1.54, 1.807) is 12.3 Å². The number of nitrogens with zero attached hydrogens (tertiary/aromatic N) is 2. The van der Waals surface area contributed by atoms with Crippen molar-refractivity contribution in [2.75, 3.05) is 22.7 Å². The largest absolute Gasteiger partial charge is 0.430 e. The number of hydrogen-bond acceptors (Lipinski definition) is 7. The fraction of sp³-hybridized carbons (Fsp3) is 0.154. The van der Waals surface area contributed by atoms with Crippen LogP contribution in [0.2, 0.25) is 10.0 Å². The number of aromatic nitrogens is 1. The number of rotatable bonds is 4. The standard InChI is InChI=1S/C12H9Cl2FN3S2.CO2.W/c13-7-6-8(18-3-1-4-18)9(14)10(15)11(7)20-17-12-16-2-5-19-12;2-1-3;/h1-2,5-6H,3-4H2,(H,16,17);;/q-1;;. The van der Waals surface area contributed by atoms with E-state index in [4.69, 9.17) is 32.8 Å². The summed E-state index contributed by atoms with van der Waals surface area (Å²) in [5, 5.41) is 2.95. The molecule has 0 bridgehead atoms. The maximum atomic E-state index is 14.3. The normalized spacial score (nSPS) is 12.2. The molecule has 0 radical (unpaired) electrons. The monoisotopic (exact) mass is 576 g/mol. The fourth-order valence-electron chi connectivity index (χ4n) is 1.71. The van der Waals surface area contributed by atoms with Gasteiger partial charge in [-0.3, -0.25) is 6.42 Å². The van der Waals surface area contributed by atoms with E-state index in [-0.39, 0.29) is 37.1 Å². The minimum atomic E-state index is -0.505. The average Bonchev–Trinajstić information content (AvgIpc) is 2.96. The summed E-state index contributed by atoms with van der Waals surface area (Å²) in [5.41, 5.74) is 0.635. The van der Waals surface area contributed by atoms with Crippen LogP contribution in [0.1, 0.15) is 0 Å². The topological polar surface area (TPSA) is 62.3 Å². The predicted molar refractivity (Wildman–Crippen MR) is 89.5 cm³/mol. The summed E-state index contributed by atoms with van der Waals surface area (Å²) in [6.07, 6.45) is 4.00. The molecule has 0 spiro atoms. The Bertz CT molecular complexity index is 712. The Hall–Kier alpha value is -0.622. The van der Waals surface area contributed by atoms with E-state index in [1.807, 2.05) is 10.3 Å². The molecule has 0 atom stereocenters. The van der Waals surface area contributed by atoms with Crippen LogP contribution in [0.5, 0.6) is 0 Å². The molecule has 0 aliphatic carbocycles. The first-order chi connectivity index (χ1) is 11.1. The summed E-state index contributed by atoms with van der Waals surface area (Å²) in [6, 6.07) is 1.70. The van der Waals surface area contributed by atoms with Crippen molar-refractivity contribution in [1.29, 1.82) is 0 Å². The number of carbonyl (C=O) groups excluding carboxylic acids is 2. The zero-order valence-corrected chi connectivity index (χ0v) is 17.9. The van der Waals surface area contributed by atoms with Gasteiger partial charge in [0.25, 0.3) is 0 Å². The van der Waals surface area contributed by atoms with Gasteiger partial charge in [-0.15, -0.1) is 24.4 Å². The van der Waals surface area contributed by atoms with Crippen molar-refractivity contribution in [1.82, 2.24) is 4.98 Å². The van der Waals surface area contributed by atoms with Crippen LogP contribution in [-0.2, 0) is 30.7 Å².